The Morgan fingerprint density at radius 3 is 2.74 bits per heavy atom. The molecular formula is C15H15NO2S. The first-order valence-electron chi connectivity index (χ1n) is 6.35. The van der Waals surface area contributed by atoms with Crippen molar-refractivity contribution < 1.29 is 9.90 Å². The van der Waals surface area contributed by atoms with E-state index in [0.717, 1.165) is 11.1 Å². The summed E-state index contributed by atoms with van der Waals surface area (Å²) in [6.07, 6.45) is 0.367. The van der Waals surface area contributed by atoms with Gasteiger partial charge in [0.2, 0.25) is 5.91 Å². The molecule has 1 unspecified atom stereocenters. The molecule has 0 bridgehead atoms. The zero-order chi connectivity index (χ0) is 13.2. The Hall–Kier alpha value is -1.65. The molecule has 0 saturated carbocycles. The lowest BCUT2D eigenvalue weighted by Crippen LogP contribution is -2.32. The van der Waals surface area contributed by atoms with Crippen molar-refractivity contribution >= 4 is 17.2 Å². The topological polar surface area (TPSA) is 40.5 Å². The van der Waals surface area contributed by atoms with Crippen LogP contribution in [0.15, 0.2) is 41.8 Å². The highest BCUT2D eigenvalue weighted by molar-refractivity contribution is 7.13. The van der Waals surface area contributed by atoms with Gasteiger partial charge in [-0.2, -0.15) is 0 Å². The summed E-state index contributed by atoms with van der Waals surface area (Å²) in [7, 11) is 0. The highest BCUT2D eigenvalue weighted by Crippen LogP contribution is 2.31. The van der Waals surface area contributed by atoms with Gasteiger partial charge in [0.05, 0.1) is 0 Å². The smallest absolute Gasteiger partial charge is 0.225 e. The number of aliphatic hydroxyl groups is 1. The molecular weight excluding hydrogens is 258 g/mol. The van der Waals surface area contributed by atoms with Crippen LogP contribution in [0.2, 0.25) is 0 Å². The number of thiophene rings is 1. The van der Waals surface area contributed by atoms with Gasteiger partial charge >= 0.3 is 0 Å². The molecule has 0 radical (unpaired) electrons. The molecule has 1 aromatic carbocycles. The van der Waals surface area contributed by atoms with Crippen LogP contribution in [0.25, 0.3) is 10.4 Å². The summed E-state index contributed by atoms with van der Waals surface area (Å²) in [5, 5.41) is 11.9. The molecule has 1 aromatic heterocycles. The van der Waals surface area contributed by atoms with Gasteiger partial charge in [-0.3, -0.25) is 4.79 Å². The summed E-state index contributed by atoms with van der Waals surface area (Å²) < 4.78 is 0. The van der Waals surface area contributed by atoms with E-state index >= 15 is 0 Å². The molecule has 4 heteroatoms. The minimum absolute atomic E-state index is 0.0395. The summed E-state index contributed by atoms with van der Waals surface area (Å²) in [4.78, 5) is 14.5. The van der Waals surface area contributed by atoms with E-state index in [2.05, 4.69) is 12.1 Å². The van der Waals surface area contributed by atoms with Gasteiger partial charge in [0, 0.05) is 24.3 Å². The van der Waals surface area contributed by atoms with Crippen molar-refractivity contribution in [2.24, 2.45) is 0 Å². The Balaban J connectivity index is 1.87. The quantitative estimate of drug-likeness (QED) is 0.934. The molecule has 1 fully saturated rings. The fourth-order valence-corrected chi connectivity index (χ4v) is 3.32. The van der Waals surface area contributed by atoms with Crippen LogP contribution < -0.4 is 0 Å². The lowest BCUT2D eigenvalue weighted by atomic mass is 10.1. The minimum Gasteiger partial charge on any atom is -0.373 e. The monoisotopic (exact) mass is 273 g/mol. The SMILES string of the molecule is O=C1CCC(O)N1Cc1ccsc1-c1ccccc1. The number of benzene rings is 1. The number of rotatable bonds is 3. The van der Waals surface area contributed by atoms with E-state index in [1.165, 1.54) is 4.88 Å². The average Bonchev–Trinajstić information content (AvgIpc) is 3.02. The van der Waals surface area contributed by atoms with E-state index in [1.54, 1.807) is 16.2 Å². The number of carbonyl (C=O) groups is 1. The number of hydrogen-bond acceptors (Lipinski definition) is 3. The normalized spacial score (nSPS) is 19.1. The minimum atomic E-state index is -0.629. The van der Waals surface area contributed by atoms with Crippen LogP contribution in [0.5, 0.6) is 0 Å². The van der Waals surface area contributed by atoms with Gasteiger partial charge < -0.3 is 10.0 Å². The van der Waals surface area contributed by atoms with Crippen LogP contribution in [-0.2, 0) is 11.3 Å². The maximum absolute atomic E-state index is 11.7. The second-order valence-electron chi connectivity index (χ2n) is 4.68. The van der Waals surface area contributed by atoms with Gasteiger partial charge in [-0.15, -0.1) is 11.3 Å². The third-order valence-electron chi connectivity index (χ3n) is 3.42. The van der Waals surface area contributed by atoms with Gasteiger partial charge in [-0.25, -0.2) is 0 Å². The third-order valence-corrected chi connectivity index (χ3v) is 4.43. The first-order valence-corrected chi connectivity index (χ1v) is 7.23. The van der Waals surface area contributed by atoms with Crippen LogP contribution >= 0.6 is 11.3 Å². The molecule has 1 aliphatic rings. The second kappa shape index (κ2) is 5.15. The first-order chi connectivity index (χ1) is 9.25. The average molecular weight is 273 g/mol. The maximum Gasteiger partial charge on any atom is 0.225 e. The molecule has 1 N–H and O–H groups in total. The summed E-state index contributed by atoms with van der Waals surface area (Å²) in [5.41, 5.74) is 2.26. The van der Waals surface area contributed by atoms with Gasteiger partial charge in [0.15, 0.2) is 0 Å². The van der Waals surface area contributed by atoms with Crippen molar-refractivity contribution in [1.29, 1.82) is 0 Å². The van der Waals surface area contributed by atoms with E-state index in [0.29, 0.717) is 19.4 Å². The fourth-order valence-electron chi connectivity index (χ4n) is 2.40. The van der Waals surface area contributed by atoms with E-state index in [-0.39, 0.29) is 5.91 Å². The molecule has 0 aliphatic carbocycles. The molecule has 19 heavy (non-hydrogen) atoms. The summed E-state index contributed by atoms with van der Waals surface area (Å²) in [5.74, 6) is 0.0395. The fraction of sp³-hybridized carbons (Fsp3) is 0.267. The molecule has 3 nitrogen and oxygen atoms in total. The van der Waals surface area contributed by atoms with E-state index in [4.69, 9.17) is 0 Å². The summed E-state index contributed by atoms with van der Waals surface area (Å²) >= 11 is 1.67. The van der Waals surface area contributed by atoms with Crippen LogP contribution in [0.4, 0.5) is 0 Å². The molecule has 3 rings (SSSR count). The standard InChI is InChI=1S/C15H15NO2S/c17-13-6-7-14(18)16(13)10-12-8-9-19-15(12)11-4-2-1-3-5-11/h1-5,8-9,13,17H,6-7,10H2. The molecule has 1 atom stereocenters. The molecule has 0 spiro atoms. The van der Waals surface area contributed by atoms with E-state index < -0.39 is 6.23 Å². The Kier molecular flexibility index (Phi) is 3.36. The number of likely N-dealkylation sites (tertiary alicyclic amines) is 1. The van der Waals surface area contributed by atoms with Crippen LogP contribution in [0, 0.1) is 0 Å². The van der Waals surface area contributed by atoms with E-state index in [9.17, 15) is 9.90 Å². The summed E-state index contributed by atoms with van der Waals surface area (Å²) in [6, 6.07) is 12.2. The van der Waals surface area contributed by atoms with E-state index in [1.807, 2.05) is 29.6 Å². The largest absolute Gasteiger partial charge is 0.373 e. The molecule has 1 saturated heterocycles. The van der Waals surface area contributed by atoms with Crippen LogP contribution in [-0.4, -0.2) is 22.1 Å². The van der Waals surface area contributed by atoms with Crippen molar-refractivity contribution in [1.82, 2.24) is 4.90 Å². The van der Waals surface area contributed by atoms with Crippen molar-refractivity contribution in [3.63, 3.8) is 0 Å². The summed E-state index contributed by atoms with van der Waals surface area (Å²) in [6.45, 7) is 0.494. The number of carbonyl (C=O) groups excluding carboxylic acids is 1. The highest BCUT2D eigenvalue weighted by atomic mass is 32.1. The molecule has 1 aliphatic heterocycles. The van der Waals surface area contributed by atoms with Crippen molar-refractivity contribution in [3.05, 3.63) is 47.3 Å². The Morgan fingerprint density at radius 1 is 1.26 bits per heavy atom. The highest BCUT2D eigenvalue weighted by Gasteiger charge is 2.29. The molecule has 2 heterocycles. The van der Waals surface area contributed by atoms with Gasteiger partial charge in [0.25, 0.3) is 0 Å². The van der Waals surface area contributed by atoms with Crippen molar-refractivity contribution in [3.8, 4) is 10.4 Å². The van der Waals surface area contributed by atoms with Gasteiger partial charge in [0.1, 0.15) is 6.23 Å². The molecule has 98 valence electrons. The Bertz CT molecular complexity index is 579. The predicted molar refractivity (Wildman–Crippen MR) is 75.5 cm³/mol. The lowest BCUT2D eigenvalue weighted by Gasteiger charge is -2.20. The Morgan fingerprint density at radius 2 is 2.05 bits per heavy atom. The second-order valence-corrected chi connectivity index (χ2v) is 5.60. The number of amides is 1. The van der Waals surface area contributed by atoms with Crippen molar-refractivity contribution in [2.75, 3.05) is 0 Å². The molecule has 2 aromatic rings. The third kappa shape index (κ3) is 2.41. The first kappa shape index (κ1) is 12.4. The van der Waals surface area contributed by atoms with Gasteiger partial charge in [-0.05, 0) is 22.6 Å². The van der Waals surface area contributed by atoms with Crippen LogP contribution in [0.1, 0.15) is 18.4 Å². The zero-order valence-corrected chi connectivity index (χ0v) is 11.3. The number of aliphatic hydroxyl groups excluding tert-OH is 1. The number of hydrogen-bond donors (Lipinski definition) is 1. The lowest BCUT2D eigenvalue weighted by molar-refractivity contribution is -0.133. The maximum atomic E-state index is 11.7. The van der Waals surface area contributed by atoms with Crippen LogP contribution in [0.3, 0.4) is 0 Å². The van der Waals surface area contributed by atoms with Gasteiger partial charge in [-0.1, -0.05) is 30.3 Å². The Labute approximate surface area is 116 Å². The predicted octanol–water partition coefficient (Wildman–Crippen LogP) is 2.86. The number of nitrogens with zero attached hydrogens (tertiary/aromatic N) is 1. The zero-order valence-electron chi connectivity index (χ0n) is 10.5. The van der Waals surface area contributed by atoms with Crippen molar-refractivity contribution in [2.45, 2.75) is 25.6 Å². The molecule has 1 amide bonds.